The maximum absolute atomic E-state index is 14.1. The van der Waals surface area contributed by atoms with Gasteiger partial charge in [0.05, 0.1) is 11.2 Å². The quantitative estimate of drug-likeness (QED) is 0.911. The topological polar surface area (TPSA) is 29.3 Å². The van der Waals surface area contributed by atoms with Crippen LogP contribution in [0.15, 0.2) is 24.3 Å². The van der Waals surface area contributed by atoms with Crippen LogP contribution in [0.3, 0.4) is 0 Å². The Morgan fingerprint density at radius 2 is 2.00 bits per heavy atom. The SMILES string of the molecule is CN(c1ccccc1F)C1(CN)CCCC(C2CC2)C1. The number of hydrogen-bond acceptors (Lipinski definition) is 2. The van der Waals surface area contributed by atoms with Gasteiger partial charge in [-0.05, 0) is 49.7 Å². The lowest BCUT2D eigenvalue weighted by Crippen LogP contribution is -2.55. The molecule has 0 heterocycles. The summed E-state index contributed by atoms with van der Waals surface area (Å²) in [7, 11) is 2.01. The second kappa shape index (κ2) is 5.36. The molecule has 0 spiro atoms. The van der Waals surface area contributed by atoms with Gasteiger partial charge in [-0.2, -0.15) is 0 Å². The highest BCUT2D eigenvalue weighted by Crippen LogP contribution is 2.48. The van der Waals surface area contributed by atoms with Gasteiger partial charge in [-0.1, -0.05) is 25.0 Å². The van der Waals surface area contributed by atoms with Crippen molar-refractivity contribution in [2.75, 3.05) is 18.5 Å². The zero-order valence-corrected chi connectivity index (χ0v) is 12.3. The molecule has 2 fully saturated rings. The van der Waals surface area contributed by atoms with Gasteiger partial charge < -0.3 is 10.6 Å². The monoisotopic (exact) mass is 276 g/mol. The molecule has 3 heteroatoms. The van der Waals surface area contributed by atoms with Crippen LogP contribution in [0.25, 0.3) is 0 Å². The van der Waals surface area contributed by atoms with Crippen LogP contribution in [0.1, 0.15) is 38.5 Å². The average Bonchev–Trinajstić information content (AvgIpc) is 3.32. The first-order valence-electron chi connectivity index (χ1n) is 7.85. The Labute approximate surface area is 121 Å². The third-order valence-electron chi connectivity index (χ3n) is 5.45. The first-order valence-corrected chi connectivity index (χ1v) is 7.85. The third kappa shape index (κ3) is 2.44. The minimum atomic E-state index is -0.142. The molecule has 20 heavy (non-hydrogen) atoms. The van der Waals surface area contributed by atoms with Crippen LogP contribution in [0.4, 0.5) is 10.1 Å². The van der Waals surface area contributed by atoms with Crippen LogP contribution < -0.4 is 10.6 Å². The molecule has 0 radical (unpaired) electrons. The van der Waals surface area contributed by atoms with Gasteiger partial charge in [-0.15, -0.1) is 0 Å². The molecule has 0 saturated heterocycles. The van der Waals surface area contributed by atoms with E-state index in [9.17, 15) is 4.39 Å². The molecule has 0 amide bonds. The predicted octanol–water partition coefficient (Wildman–Crippen LogP) is 3.56. The lowest BCUT2D eigenvalue weighted by molar-refractivity contribution is 0.203. The summed E-state index contributed by atoms with van der Waals surface area (Å²) in [5.74, 6) is 1.56. The van der Waals surface area contributed by atoms with E-state index >= 15 is 0 Å². The molecule has 2 atom stereocenters. The third-order valence-corrected chi connectivity index (χ3v) is 5.45. The highest BCUT2D eigenvalue weighted by Gasteiger charge is 2.44. The van der Waals surface area contributed by atoms with Crippen LogP contribution in [0.2, 0.25) is 0 Å². The molecule has 1 aromatic carbocycles. The van der Waals surface area contributed by atoms with E-state index in [1.54, 1.807) is 6.07 Å². The van der Waals surface area contributed by atoms with Crippen LogP contribution in [0.5, 0.6) is 0 Å². The number of hydrogen-bond donors (Lipinski definition) is 1. The van der Waals surface area contributed by atoms with E-state index < -0.39 is 0 Å². The van der Waals surface area contributed by atoms with Crippen molar-refractivity contribution in [3.05, 3.63) is 30.1 Å². The summed E-state index contributed by atoms with van der Waals surface area (Å²) >= 11 is 0. The highest BCUT2D eigenvalue weighted by atomic mass is 19.1. The fraction of sp³-hybridized carbons (Fsp3) is 0.647. The van der Waals surface area contributed by atoms with Crippen molar-refractivity contribution in [2.45, 2.75) is 44.1 Å². The Hall–Kier alpha value is -1.09. The molecule has 0 aliphatic heterocycles. The summed E-state index contributed by atoms with van der Waals surface area (Å²) in [6.45, 7) is 0.612. The van der Waals surface area contributed by atoms with Gasteiger partial charge in [0.2, 0.25) is 0 Å². The van der Waals surface area contributed by atoms with E-state index in [1.165, 1.54) is 31.7 Å². The van der Waals surface area contributed by atoms with Crippen LogP contribution >= 0.6 is 0 Å². The summed E-state index contributed by atoms with van der Waals surface area (Å²) in [6.07, 6.45) is 7.52. The molecule has 0 bridgehead atoms. The van der Waals surface area contributed by atoms with Gasteiger partial charge >= 0.3 is 0 Å². The van der Waals surface area contributed by atoms with E-state index in [4.69, 9.17) is 5.73 Å². The lowest BCUT2D eigenvalue weighted by atomic mass is 9.72. The normalized spacial score (nSPS) is 30.2. The van der Waals surface area contributed by atoms with E-state index in [-0.39, 0.29) is 11.4 Å². The zero-order valence-electron chi connectivity index (χ0n) is 12.3. The fourth-order valence-electron chi connectivity index (χ4n) is 3.96. The zero-order chi connectivity index (χ0) is 14.2. The molecule has 2 aliphatic rings. The Morgan fingerprint density at radius 3 is 2.65 bits per heavy atom. The minimum absolute atomic E-state index is 0.0618. The number of anilines is 1. The van der Waals surface area contributed by atoms with Crippen LogP contribution in [-0.4, -0.2) is 19.1 Å². The standard InChI is InChI=1S/C17H25FN2/c1-20(16-7-3-2-6-15(16)18)17(12-19)10-4-5-14(11-17)13-8-9-13/h2-3,6-7,13-14H,4-5,8-12,19H2,1H3. The van der Waals surface area contributed by atoms with Crippen molar-refractivity contribution in [3.63, 3.8) is 0 Å². The Kier molecular flexibility index (Phi) is 3.72. The highest BCUT2D eigenvalue weighted by molar-refractivity contribution is 5.50. The number of rotatable bonds is 4. The molecular weight excluding hydrogens is 251 g/mol. The molecule has 110 valence electrons. The summed E-state index contributed by atoms with van der Waals surface area (Å²) in [5.41, 5.74) is 6.77. The molecule has 1 aromatic rings. The molecule has 2 nitrogen and oxygen atoms in total. The van der Waals surface area contributed by atoms with Gasteiger partial charge in [-0.25, -0.2) is 4.39 Å². The fourth-order valence-corrected chi connectivity index (χ4v) is 3.96. The number of nitrogens with zero attached hydrogens (tertiary/aromatic N) is 1. The summed E-state index contributed by atoms with van der Waals surface area (Å²) in [4.78, 5) is 2.12. The van der Waals surface area contributed by atoms with E-state index in [1.807, 2.05) is 19.2 Å². The first-order chi connectivity index (χ1) is 9.66. The molecule has 2 saturated carbocycles. The maximum Gasteiger partial charge on any atom is 0.146 e. The van der Waals surface area contributed by atoms with E-state index in [0.717, 1.165) is 24.7 Å². The number of halogens is 1. The lowest BCUT2D eigenvalue weighted by Gasteiger charge is -2.48. The maximum atomic E-state index is 14.1. The average molecular weight is 276 g/mol. The smallest absolute Gasteiger partial charge is 0.146 e. The Balaban J connectivity index is 1.85. The van der Waals surface area contributed by atoms with Crippen molar-refractivity contribution in [2.24, 2.45) is 17.6 Å². The molecular formula is C17H25FN2. The van der Waals surface area contributed by atoms with Gasteiger partial charge in [0.15, 0.2) is 0 Å². The van der Waals surface area contributed by atoms with Gasteiger partial charge in [0.1, 0.15) is 5.82 Å². The van der Waals surface area contributed by atoms with Gasteiger partial charge in [-0.3, -0.25) is 0 Å². The van der Waals surface area contributed by atoms with Crippen molar-refractivity contribution >= 4 is 5.69 Å². The Morgan fingerprint density at radius 1 is 1.25 bits per heavy atom. The molecule has 0 aromatic heterocycles. The number of benzene rings is 1. The minimum Gasteiger partial charge on any atom is -0.365 e. The number of para-hydroxylation sites is 1. The van der Waals surface area contributed by atoms with Crippen molar-refractivity contribution in [1.82, 2.24) is 0 Å². The second-order valence-electron chi connectivity index (χ2n) is 6.63. The van der Waals surface area contributed by atoms with E-state index in [2.05, 4.69) is 4.90 Å². The summed E-state index contributed by atoms with van der Waals surface area (Å²) in [6, 6.07) is 7.06. The number of likely N-dealkylation sites (N-methyl/N-ethyl adjacent to an activating group) is 1. The number of nitrogens with two attached hydrogens (primary N) is 1. The molecule has 2 unspecified atom stereocenters. The van der Waals surface area contributed by atoms with E-state index in [0.29, 0.717) is 12.2 Å². The molecule has 2 aliphatic carbocycles. The van der Waals surface area contributed by atoms with Crippen molar-refractivity contribution < 1.29 is 4.39 Å². The summed E-state index contributed by atoms with van der Waals surface area (Å²) in [5, 5.41) is 0. The first kappa shape index (κ1) is 13.9. The van der Waals surface area contributed by atoms with Crippen LogP contribution in [-0.2, 0) is 0 Å². The van der Waals surface area contributed by atoms with Gasteiger partial charge in [0, 0.05) is 13.6 Å². The second-order valence-corrected chi connectivity index (χ2v) is 6.63. The predicted molar refractivity (Wildman–Crippen MR) is 81.3 cm³/mol. The summed E-state index contributed by atoms with van der Waals surface area (Å²) < 4.78 is 14.1. The molecule has 3 rings (SSSR count). The Bertz CT molecular complexity index is 472. The van der Waals surface area contributed by atoms with Gasteiger partial charge in [0.25, 0.3) is 0 Å². The van der Waals surface area contributed by atoms with Crippen molar-refractivity contribution in [1.29, 1.82) is 0 Å². The largest absolute Gasteiger partial charge is 0.365 e. The molecule has 2 N–H and O–H groups in total. The van der Waals surface area contributed by atoms with Crippen molar-refractivity contribution in [3.8, 4) is 0 Å². The van der Waals surface area contributed by atoms with Crippen LogP contribution in [0, 0.1) is 17.7 Å².